The number of nitrogens with zero attached hydrogens (tertiary/aromatic N) is 3. The topological polar surface area (TPSA) is 108 Å². The third-order valence-electron chi connectivity index (χ3n) is 5.07. The number of rotatable bonds is 6. The van der Waals surface area contributed by atoms with E-state index < -0.39 is 24.0 Å². The molecule has 2 saturated heterocycles. The first-order valence-electron chi connectivity index (χ1n) is 9.93. The van der Waals surface area contributed by atoms with E-state index in [1.807, 2.05) is 4.90 Å². The van der Waals surface area contributed by atoms with E-state index in [1.54, 1.807) is 17.0 Å². The van der Waals surface area contributed by atoms with Crippen LogP contribution in [-0.4, -0.2) is 80.8 Å². The third kappa shape index (κ3) is 5.62. The lowest BCUT2D eigenvalue weighted by atomic mass is 10.2. The van der Waals surface area contributed by atoms with Crippen LogP contribution in [0.25, 0.3) is 0 Å². The normalized spacial score (nSPS) is 18.6. The number of halogens is 1. The molecule has 1 unspecified atom stereocenters. The van der Waals surface area contributed by atoms with Crippen LogP contribution in [0.15, 0.2) is 18.2 Å². The average molecular weight is 436 g/mol. The molecule has 2 heterocycles. The number of amides is 3. The van der Waals surface area contributed by atoms with Crippen LogP contribution in [-0.2, 0) is 23.9 Å². The molecule has 0 bridgehead atoms. The number of piperazine rings is 1. The standard InChI is InChI=1S/C20H25FN4O6/c1-13(26)22-10-16-11-25(20(29)31-16)15-3-4-18(17(21)9-15)23-5-7-24(8-6-23)19(28)12-30-14(2)27/h3-4,9,16H,5-8,10-12H2,1-2H3,(H,22,26). The molecule has 0 radical (unpaired) electrons. The van der Waals surface area contributed by atoms with Gasteiger partial charge in [-0.1, -0.05) is 0 Å². The second-order valence-corrected chi connectivity index (χ2v) is 7.34. The molecule has 0 saturated carbocycles. The zero-order valence-corrected chi connectivity index (χ0v) is 17.4. The molecule has 3 amide bonds. The fourth-order valence-corrected chi connectivity index (χ4v) is 3.47. The van der Waals surface area contributed by atoms with Gasteiger partial charge in [0.1, 0.15) is 11.9 Å². The van der Waals surface area contributed by atoms with Crippen molar-refractivity contribution in [2.24, 2.45) is 0 Å². The predicted octanol–water partition coefficient (Wildman–Crippen LogP) is 0.499. The number of ether oxygens (including phenoxy) is 2. The minimum absolute atomic E-state index is 0.193. The van der Waals surface area contributed by atoms with Crippen molar-refractivity contribution < 1.29 is 33.0 Å². The molecule has 0 aliphatic carbocycles. The van der Waals surface area contributed by atoms with E-state index in [0.717, 1.165) is 0 Å². The smallest absolute Gasteiger partial charge is 0.414 e. The van der Waals surface area contributed by atoms with Crippen LogP contribution < -0.4 is 15.1 Å². The van der Waals surface area contributed by atoms with Gasteiger partial charge in [-0.2, -0.15) is 0 Å². The van der Waals surface area contributed by atoms with Crippen LogP contribution >= 0.6 is 0 Å². The highest BCUT2D eigenvalue weighted by Crippen LogP contribution is 2.28. The lowest BCUT2D eigenvalue weighted by Crippen LogP contribution is -2.50. The Morgan fingerprint density at radius 1 is 1.19 bits per heavy atom. The molecule has 0 aromatic heterocycles. The average Bonchev–Trinajstić information content (AvgIpc) is 3.11. The molecule has 1 aromatic rings. The van der Waals surface area contributed by atoms with E-state index in [4.69, 9.17) is 9.47 Å². The first-order chi connectivity index (χ1) is 14.7. The lowest BCUT2D eigenvalue weighted by Gasteiger charge is -2.36. The summed E-state index contributed by atoms with van der Waals surface area (Å²) in [5, 5.41) is 2.59. The highest BCUT2D eigenvalue weighted by molar-refractivity contribution is 5.90. The number of benzene rings is 1. The summed E-state index contributed by atoms with van der Waals surface area (Å²) in [5.41, 5.74) is 0.741. The van der Waals surface area contributed by atoms with Gasteiger partial charge in [-0.3, -0.25) is 19.3 Å². The zero-order valence-electron chi connectivity index (χ0n) is 17.4. The maximum Gasteiger partial charge on any atom is 0.414 e. The van der Waals surface area contributed by atoms with Crippen molar-refractivity contribution in [3.8, 4) is 0 Å². The SMILES string of the molecule is CC(=O)NCC1CN(c2ccc(N3CCN(C(=O)COC(C)=O)CC3)c(F)c2)C(=O)O1. The molecule has 0 spiro atoms. The lowest BCUT2D eigenvalue weighted by molar-refractivity contribution is -0.150. The van der Waals surface area contributed by atoms with E-state index in [-0.39, 0.29) is 31.5 Å². The Kier molecular flexibility index (Phi) is 6.93. The molecule has 31 heavy (non-hydrogen) atoms. The fourth-order valence-electron chi connectivity index (χ4n) is 3.47. The molecule has 1 atom stereocenters. The van der Waals surface area contributed by atoms with E-state index in [2.05, 4.69) is 5.32 Å². The van der Waals surface area contributed by atoms with Gasteiger partial charge >= 0.3 is 12.1 Å². The molecule has 3 rings (SSSR count). The Morgan fingerprint density at radius 2 is 1.90 bits per heavy atom. The van der Waals surface area contributed by atoms with Crippen LogP contribution in [0.4, 0.5) is 20.6 Å². The summed E-state index contributed by atoms with van der Waals surface area (Å²) < 4.78 is 24.7. The van der Waals surface area contributed by atoms with Crippen molar-refractivity contribution in [3.05, 3.63) is 24.0 Å². The second kappa shape index (κ2) is 9.63. The largest absolute Gasteiger partial charge is 0.456 e. The van der Waals surface area contributed by atoms with Crippen molar-refractivity contribution in [1.29, 1.82) is 0 Å². The molecule has 168 valence electrons. The van der Waals surface area contributed by atoms with E-state index >= 15 is 0 Å². The summed E-state index contributed by atoms with van der Waals surface area (Å²) in [4.78, 5) is 50.7. The molecule has 10 nitrogen and oxygen atoms in total. The number of nitrogens with one attached hydrogen (secondary N) is 1. The van der Waals surface area contributed by atoms with Crippen LogP contribution in [0.2, 0.25) is 0 Å². The van der Waals surface area contributed by atoms with Gasteiger partial charge in [-0.25, -0.2) is 9.18 Å². The first kappa shape index (κ1) is 22.3. The number of esters is 1. The predicted molar refractivity (Wildman–Crippen MR) is 108 cm³/mol. The van der Waals surface area contributed by atoms with Crippen LogP contribution in [0.3, 0.4) is 0 Å². The number of hydrogen-bond donors (Lipinski definition) is 1. The van der Waals surface area contributed by atoms with Crippen molar-refractivity contribution in [2.45, 2.75) is 20.0 Å². The first-order valence-corrected chi connectivity index (χ1v) is 9.93. The third-order valence-corrected chi connectivity index (χ3v) is 5.07. The van der Waals surface area contributed by atoms with E-state index in [0.29, 0.717) is 37.6 Å². The van der Waals surface area contributed by atoms with Crippen LogP contribution in [0.1, 0.15) is 13.8 Å². The Morgan fingerprint density at radius 3 is 2.52 bits per heavy atom. The molecule has 2 fully saturated rings. The number of carbonyl (C=O) groups is 4. The van der Waals surface area contributed by atoms with Crippen LogP contribution in [0, 0.1) is 5.82 Å². The van der Waals surface area contributed by atoms with Crippen molar-refractivity contribution in [1.82, 2.24) is 10.2 Å². The Bertz CT molecular complexity index is 871. The maximum absolute atomic E-state index is 14.8. The summed E-state index contributed by atoms with van der Waals surface area (Å²) in [7, 11) is 0. The quantitative estimate of drug-likeness (QED) is 0.647. The Labute approximate surface area is 178 Å². The second-order valence-electron chi connectivity index (χ2n) is 7.34. The van der Waals surface area contributed by atoms with Gasteiger partial charge in [0, 0.05) is 40.0 Å². The Hall–Kier alpha value is -3.37. The van der Waals surface area contributed by atoms with Gasteiger partial charge in [0.15, 0.2) is 6.61 Å². The Balaban J connectivity index is 1.58. The molecule has 11 heteroatoms. The zero-order chi connectivity index (χ0) is 22.5. The van der Waals surface area contributed by atoms with Crippen molar-refractivity contribution >= 4 is 35.3 Å². The molecule has 1 aromatic carbocycles. The molecule has 2 aliphatic heterocycles. The molecular weight excluding hydrogens is 411 g/mol. The van der Waals surface area contributed by atoms with E-state index in [1.165, 1.54) is 24.8 Å². The monoisotopic (exact) mass is 436 g/mol. The number of hydrogen-bond acceptors (Lipinski definition) is 7. The fraction of sp³-hybridized carbons (Fsp3) is 0.500. The van der Waals surface area contributed by atoms with Crippen molar-refractivity contribution in [2.75, 3.05) is 55.7 Å². The summed E-state index contributed by atoms with van der Waals surface area (Å²) in [6.07, 6.45) is -1.10. The molecular formula is C20H25FN4O6. The van der Waals surface area contributed by atoms with Gasteiger partial charge in [0.2, 0.25) is 5.91 Å². The molecule has 1 N–H and O–H groups in total. The summed E-state index contributed by atoms with van der Waals surface area (Å²) in [6, 6.07) is 4.50. The number of anilines is 2. The van der Waals surface area contributed by atoms with Crippen LogP contribution in [0.5, 0.6) is 0 Å². The van der Waals surface area contributed by atoms with E-state index in [9.17, 15) is 23.6 Å². The highest BCUT2D eigenvalue weighted by atomic mass is 19.1. The highest BCUT2D eigenvalue weighted by Gasteiger charge is 2.33. The summed E-state index contributed by atoms with van der Waals surface area (Å²) >= 11 is 0. The van der Waals surface area contributed by atoms with Crippen molar-refractivity contribution in [3.63, 3.8) is 0 Å². The van der Waals surface area contributed by atoms with Gasteiger partial charge in [0.05, 0.1) is 24.5 Å². The van der Waals surface area contributed by atoms with Gasteiger partial charge < -0.3 is 24.6 Å². The maximum atomic E-state index is 14.8. The summed E-state index contributed by atoms with van der Waals surface area (Å²) in [6.45, 7) is 4.32. The minimum atomic E-state index is -0.595. The molecule has 2 aliphatic rings. The summed E-state index contributed by atoms with van der Waals surface area (Å²) in [5.74, 6) is -1.52. The number of carbonyl (C=O) groups excluding carboxylic acids is 4. The number of cyclic esters (lactones) is 1. The van der Waals surface area contributed by atoms with Gasteiger partial charge in [0.25, 0.3) is 5.91 Å². The van der Waals surface area contributed by atoms with Gasteiger partial charge in [-0.15, -0.1) is 0 Å². The minimum Gasteiger partial charge on any atom is -0.456 e. The van der Waals surface area contributed by atoms with Gasteiger partial charge in [-0.05, 0) is 18.2 Å².